The molecular weight excluding hydrogens is 378 g/mol. The minimum absolute atomic E-state index is 0.00652. The molecule has 0 saturated heterocycles. The maximum Gasteiger partial charge on any atom is 0.380 e. The van der Waals surface area contributed by atoms with Crippen molar-refractivity contribution in [1.82, 2.24) is 0 Å². The number of hydrogen-bond acceptors (Lipinski definition) is 5. The van der Waals surface area contributed by atoms with Crippen molar-refractivity contribution >= 4 is 15.9 Å². The van der Waals surface area contributed by atoms with Crippen molar-refractivity contribution in [3.8, 4) is 11.5 Å². The summed E-state index contributed by atoms with van der Waals surface area (Å²) >= 11 is 0. The maximum atomic E-state index is 11.5. The molecule has 1 spiro atoms. The minimum Gasteiger partial charge on any atom is -0.490 e. The van der Waals surface area contributed by atoms with Gasteiger partial charge in [0.15, 0.2) is 11.5 Å². The van der Waals surface area contributed by atoms with Crippen LogP contribution in [0.5, 0.6) is 11.5 Å². The summed E-state index contributed by atoms with van der Waals surface area (Å²) in [6, 6.07) is 3.70. The number of aliphatic hydroxyl groups excluding tert-OH is 1. The number of fused-ring (bicyclic) bond motifs is 2. The van der Waals surface area contributed by atoms with E-state index >= 15 is 0 Å². The fourth-order valence-corrected chi connectivity index (χ4v) is 6.91. The second kappa shape index (κ2) is 5.74. The lowest BCUT2D eigenvalue weighted by Gasteiger charge is -2.46. The smallest absolute Gasteiger partial charge is 0.380 e. The van der Waals surface area contributed by atoms with Crippen LogP contribution < -0.4 is 14.1 Å². The molecule has 7 heteroatoms. The third-order valence-electron chi connectivity index (χ3n) is 7.81. The zero-order valence-electron chi connectivity index (χ0n) is 16.3. The van der Waals surface area contributed by atoms with Gasteiger partial charge in [-0.1, -0.05) is 12.5 Å². The highest BCUT2D eigenvalue weighted by molar-refractivity contribution is 7.84. The average Bonchev–Trinajstić information content (AvgIpc) is 3.27. The van der Waals surface area contributed by atoms with E-state index in [0.717, 1.165) is 43.2 Å². The molecular formula is C21H27NO5S. The van der Waals surface area contributed by atoms with Crippen LogP contribution in [0.3, 0.4) is 0 Å². The molecule has 0 aliphatic heterocycles. The fraction of sp³-hybridized carbons (Fsp3) is 0.619. The lowest BCUT2D eigenvalue weighted by atomic mass is 9.59. The number of nitrogens with two attached hydrogens (primary N) is 1. The Morgan fingerprint density at radius 1 is 1.25 bits per heavy atom. The van der Waals surface area contributed by atoms with E-state index in [1.807, 2.05) is 13.0 Å². The zero-order valence-corrected chi connectivity index (χ0v) is 17.1. The summed E-state index contributed by atoms with van der Waals surface area (Å²) in [4.78, 5) is 0. The first-order valence-electron chi connectivity index (χ1n) is 10.1. The van der Waals surface area contributed by atoms with Crippen LogP contribution in [0.25, 0.3) is 5.57 Å². The number of benzene rings is 1. The lowest BCUT2D eigenvalue weighted by Crippen LogP contribution is -2.41. The number of aryl methyl sites for hydroxylation is 1. The van der Waals surface area contributed by atoms with E-state index in [9.17, 15) is 13.5 Å². The molecule has 0 aromatic heterocycles. The van der Waals surface area contributed by atoms with Crippen LogP contribution in [-0.4, -0.2) is 26.2 Å². The molecule has 2 fully saturated rings. The summed E-state index contributed by atoms with van der Waals surface area (Å²) in [6.45, 7) is 4.53. The van der Waals surface area contributed by atoms with E-state index in [-0.39, 0.29) is 22.7 Å². The quantitative estimate of drug-likeness (QED) is 0.802. The summed E-state index contributed by atoms with van der Waals surface area (Å²) in [5, 5.41) is 15.8. The van der Waals surface area contributed by atoms with Gasteiger partial charge < -0.3 is 14.0 Å². The average molecular weight is 406 g/mol. The van der Waals surface area contributed by atoms with Gasteiger partial charge in [0.25, 0.3) is 0 Å². The minimum atomic E-state index is -4.12. The van der Waals surface area contributed by atoms with Crippen LogP contribution in [0.2, 0.25) is 0 Å². The molecule has 152 valence electrons. The molecule has 1 aromatic rings. The van der Waals surface area contributed by atoms with E-state index in [1.54, 1.807) is 6.07 Å². The van der Waals surface area contributed by atoms with Crippen molar-refractivity contribution in [2.45, 2.75) is 58.5 Å². The monoisotopic (exact) mass is 405 g/mol. The lowest BCUT2D eigenvalue weighted by molar-refractivity contribution is 0.0114. The molecule has 0 bridgehead atoms. The van der Waals surface area contributed by atoms with E-state index in [2.05, 4.69) is 6.92 Å². The topological polar surface area (TPSA) is 98.9 Å². The number of aliphatic hydroxyl groups is 1. The Morgan fingerprint density at radius 3 is 2.75 bits per heavy atom. The van der Waals surface area contributed by atoms with Crippen molar-refractivity contribution < 1.29 is 22.4 Å². The Morgan fingerprint density at radius 2 is 2.04 bits per heavy atom. The number of rotatable bonds is 4. The molecule has 2 saturated carbocycles. The van der Waals surface area contributed by atoms with E-state index in [0.29, 0.717) is 18.3 Å². The van der Waals surface area contributed by atoms with Crippen molar-refractivity contribution in [3.05, 3.63) is 28.8 Å². The van der Waals surface area contributed by atoms with Gasteiger partial charge in [-0.15, -0.1) is 0 Å². The van der Waals surface area contributed by atoms with Gasteiger partial charge >= 0.3 is 10.3 Å². The third kappa shape index (κ3) is 2.36. The molecule has 6 nitrogen and oxygen atoms in total. The second-order valence-electron chi connectivity index (χ2n) is 8.96. The highest BCUT2D eigenvalue weighted by atomic mass is 32.2. The maximum absolute atomic E-state index is 11.5. The van der Waals surface area contributed by atoms with Gasteiger partial charge in [-0.25, -0.2) is 0 Å². The molecule has 0 heterocycles. The third-order valence-corrected chi connectivity index (χ3v) is 8.22. The van der Waals surface area contributed by atoms with Crippen LogP contribution in [0.1, 0.15) is 57.1 Å². The van der Waals surface area contributed by atoms with Gasteiger partial charge in [0.05, 0.1) is 12.7 Å². The number of allylic oxidation sites excluding steroid dienone is 2. The van der Waals surface area contributed by atoms with Gasteiger partial charge in [-0.3, -0.25) is 0 Å². The number of hydrogen-bond donors (Lipinski definition) is 2. The van der Waals surface area contributed by atoms with Gasteiger partial charge in [0.2, 0.25) is 0 Å². The van der Waals surface area contributed by atoms with E-state index in [1.165, 1.54) is 17.6 Å². The number of ether oxygens (including phenoxy) is 1. The first kappa shape index (κ1) is 18.5. The van der Waals surface area contributed by atoms with Gasteiger partial charge in [-0.2, -0.15) is 13.6 Å². The van der Waals surface area contributed by atoms with Crippen LogP contribution in [0, 0.1) is 16.7 Å². The first-order valence-corrected chi connectivity index (χ1v) is 11.6. The predicted molar refractivity (Wildman–Crippen MR) is 105 cm³/mol. The summed E-state index contributed by atoms with van der Waals surface area (Å²) in [7, 11) is -4.12. The molecule has 0 amide bonds. The Hall–Kier alpha value is -1.57. The Balaban J connectivity index is 1.63. The van der Waals surface area contributed by atoms with Crippen LogP contribution in [-0.2, 0) is 16.7 Å². The van der Waals surface area contributed by atoms with Crippen molar-refractivity contribution in [3.63, 3.8) is 0 Å². The van der Waals surface area contributed by atoms with Gasteiger partial charge in [0.1, 0.15) is 0 Å². The molecule has 3 N–H and O–H groups in total. The second-order valence-corrected chi connectivity index (χ2v) is 10.1. The Kier molecular flexibility index (Phi) is 3.78. The molecule has 4 aliphatic rings. The highest BCUT2D eigenvalue weighted by Gasteiger charge is 2.74. The van der Waals surface area contributed by atoms with E-state index in [4.69, 9.17) is 14.1 Å². The predicted octanol–water partition coefficient (Wildman–Crippen LogP) is 2.94. The van der Waals surface area contributed by atoms with Crippen LogP contribution >= 0.6 is 0 Å². The molecule has 5 rings (SSSR count). The Labute approximate surface area is 166 Å². The van der Waals surface area contributed by atoms with Crippen LogP contribution in [0.15, 0.2) is 17.7 Å². The van der Waals surface area contributed by atoms with Gasteiger partial charge in [-0.05, 0) is 80.2 Å². The van der Waals surface area contributed by atoms with Crippen molar-refractivity contribution in [2.75, 3.05) is 6.61 Å². The molecule has 4 aliphatic carbocycles. The molecule has 0 radical (unpaired) electrons. The molecule has 4 atom stereocenters. The summed E-state index contributed by atoms with van der Waals surface area (Å²) < 4.78 is 33.6. The summed E-state index contributed by atoms with van der Waals surface area (Å²) in [6.07, 6.45) is 5.64. The van der Waals surface area contributed by atoms with Crippen molar-refractivity contribution in [2.24, 2.45) is 21.9 Å². The van der Waals surface area contributed by atoms with Crippen molar-refractivity contribution in [1.29, 1.82) is 0 Å². The summed E-state index contributed by atoms with van der Waals surface area (Å²) in [5.41, 5.74) is 5.29. The Bertz CT molecular complexity index is 1000. The first-order chi connectivity index (χ1) is 13.2. The van der Waals surface area contributed by atoms with Gasteiger partial charge in [0, 0.05) is 10.8 Å². The molecule has 1 aromatic carbocycles. The normalized spacial score (nSPS) is 35.6. The highest BCUT2D eigenvalue weighted by Crippen LogP contribution is 2.80. The zero-order chi connectivity index (χ0) is 19.9. The molecule has 0 unspecified atom stereocenters. The summed E-state index contributed by atoms with van der Waals surface area (Å²) in [5.74, 6) is 1.18. The SMILES string of the molecule is CCOc1cc2c(cc1OS(N)(=O)=O)CCC1=C2CC[C@]2(C)[C@H](O)C[C@@H]3C[C@@]132. The fourth-order valence-electron chi connectivity index (χ4n) is 6.53. The van der Waals surface area contributed by atoms with E-state index < -0.39 is 10.3 Å². The van der Waals surface area contributed by atoms with Crippen LogP contribution in [0.4, 0.5) is 0 Å². The largest absolute Gasteiger partial charge is 0.490 e. The standard InChI is InChI=1S/C21H27NO5S/c1-3-26-17-10-15-12(8-18(17)27-28(22,24)25)4-5-16-14(15)6-7-20(2)19(23)9-13-11-21(13,16)20/h8,10,13,19,23H,3-7,9,11H2,1-2H3,(H2,22,24,25)/t13-,19-,20-,21+/m1/s1. The molecule has 28 heavy (non-hydrogen) atoms.